The number of halogens is 2. The van der Waals surface area contributed by atoms with Crippen LogP contribution in [-0.4, -0.2) is 15.1 Å². The molecule has 6 heteroatoms. The van der Waals surface area contributed by atoms with E-state index >= 15 is 0 Å². The highest BCUT2D eigenvalue weighted by molar-refractivity contribution is 9.10. The lowest BCUT2D eigenvalue weighted by molar-refractivity contribution is 1.13. The molecule has 2 heterocycles. The van der Waals surface area contributed by atoms with E-state index in [9.17, 15) is 0 Å². The van der Waals surface area contributed by atoms with E-state index in [1.165, 1.54) is 0 Å². The third kappa shape index (κ3) is 3.70. The van der Waals surface area contributed by atoms with Crippen LogP contribution in [-0.2, 0) is 0 Å². The summed E-state index contributed by atoms with van der Waals surface area (Å²) >= 11 is 10.2. The van der Waals surface area contributed by atoms with Crippen molar-refractivity contribution in [2.75, 3.05) is 5.73 Å². The number of aliphatic imine (C=N–C) groups is 1. The Morgan fingerprint density at radius 1 is 0.844 bits per heavy atom. The quantitative estimate of drug-likeness (QED) is 0.265. The minimum Gasteiger partial charge on any atom is -0.396 e. The first-order valence-electron chi connectivity index (χ1n) is 10.0. The van der Waals surface area contributed by atoms with Crippen molar-refractivity contribution < 1.29 is 0 Å². The average Bonchev–Trinajstić information content (AvgIpc) is 3.22. The van der Waals surface area contributed by atoms with Gasteiger partial charge in [-0.25, -0.2) is 9.98 Å². The van der Waals surface area contributed by atoms with Crippen molar-refractivity contribution in [1.29, 1.82) is 0 Å². The van der Waals surface area contributed by atoms with Crippen molar-refractivity contribution in [2.45, 2.75) is 0 Å². The zero-order valence-corrected chi connectivity index (χ0v) is 19.3. The summed E-state index contributed by atoms with van der Waals surface area (Å²) in [7, 11) is 0. The summed E-state index contributed by atoms with van der Waals surface area (Å²) in [4.78, 5) is 9.69. The molecule has 0 aliphatic rings. The fraction of sp³-hybridized carbons (Fsp3) is 0. The Kier molecular flexibility index (Phi) is 5.52. The number of fused-ring (bicyclic) bond motifs is 1. The molecular formula is C26H18BrClN4. The highest BCUT2D eigenvalue weighted by Crippen LogP contribution is 2.40. The van der Waals surface area contributed by atoms with E-state index in [0.29, 0.717) is 22.2 Å². The normalized spacial score (nSPS) is 10.9. The van der Waals surface area contributed by atoms with Gasteiger partial charge in [0, 0.05) is 27.3 Å². The van der Waals surface area contributed by atoms with Gasteiger partial charge in [0.05, 0.1) is 17.6 Å². The van der Waals surface area contributed by atoms with Crippen molar-refractivity contribution in [2.24, 2.45) is 4.99 Å². The van der Waals surface area contributed by atoms with Gasteiger partial charge in [-0.15, -0.1) is 0 Å². The van der Waals surface area contributed by atoms with E-state index in [1.807, 2.05) is 71.1 Å². The minimum atomic E-state index is 0.547. The predicted octanol–water partition coefficient (Wildman–Crippen LogP) is 7.17. The van der Waals surface area contributed by atoms with Gasteiger partial charge in [-0.3, -0.25) is 4.40 Å². The molecule has 0 amide bonds. The number of aromatic nitrogens is 2. The Morgan fingerprint density at radius 3 is 2.06 bits per heavy atom. The van der Waals surface area contributed by atoms with E-state index in [1.54, 1.807) is 6.20 Å². The summed E-state index contributed by atoms with van der Waals surface area (Å²) in [6.45, 7) is 0. The molecule has 156 valence electrons. The molecule has 0 atom stereocenters. The number of anilines is 1. The van der Waals surface area contributed by atoms with Crippen LogP contribution in [0.15, 0.2) is 107 Å². The van der Waals surface area contributed by atoms with Gasteiger partial charge < -0.3 is 5.73 Å². The van der Waals surface area contributed by atoms with Gasteiger partial charge in [0.1, 0.15) is 10.4 Å². The number of pyridine rings is 1. The summed E-state index contributed by atoms with van der Waals surface area (Å²) in [6.07, 6.45) is 1.73. The molecule has 32 heavy (non-hydrogen) atoms. The van der Waals surface area contributed by atoms with E-state index in [2.05, 4.69) is 45.2 Å². The van der Waals surface area contributed by atoms with E-state index in [-0.39, 0.29) is 0 Å². The molecule has 4 nitrogen and oxygen atoms in total. The average molecular weight is 502 g/mol. The van der Waals surface area contributed by atoms with E-state index in [4.69, 9.17) is 22.3 Å². The molecule has 0 radical (unpaired) electrons. The first-order chi connectivity index (χ1) is 15.6. The zero-order chi connectivity index (χ0) is 22.1. The van der Waals surface area contributed by atoms with Gasteiger partial charge >= 0.3 is 0 Å². The number of hydrogen-bond acceptors (Lipinski definition) is 3. The van der Waals surface area contributed by atoms with Crippen LogP contribution in [0.3, 0.4) is 0 Å². The molecule has 2 aromatic heterocycles. The minimum absolute atomic E-state index is 0.547. The highest BCUT2D eigenvalue weighted by atomic mass is 79.9. The SMILES string of the molecule is Nc1cc(-c2ccccc2Cl)c(N=C(c2ccccc2)c2ccccc2)n2c(Br)cnc12. The van der Waals surface area contributed by atoms with Gasteiger partial charge in [-0.05, 0) is 28.1 Å². The molecule has 2 N–H and O–H groups in total. The first-order valence-corrected chi connectivity index (χ1v) is 11.2. The second-order valence-corrected chi connectivity index (χ2v) is 8.47. The van der Waals surface area contributed by atoms with Crippen molar-refractivity contribution >= 4 is 50.4 Å². The number of hydrogen-bond donors (Lipinski definition) is 1. The Balaban J connectivity index is 1.89. The lowest BCUT2D eigenvalue weighted by Gasteiger charge is -2.15. The molecule has 0 aliphatic carbocycles. The van der Waals surface area contributed by atoms with Crippen LogP contribution in [0.25, 0.3) is 16.8 Å². The lowest BCUT2D eigenvalue weighted by atomic mass is 10.0. The number of nitrogens with two attached hydrogens (primary N) is 1. The molecule has 3 aromatic carbocycles. The molecule has 5 aromatic rings. The molecule has 0 unspecified atom stereocenters. The van der Waals surface area contributed by atoms with Crippen LogP contribution in [0.2, 0.25) is 5.02 Å². The number of nitrogen functional groups attached to an aromatic ring is 1. The summed E-state index contributed by atoms with van der Waals surface area (Å²) in [5, 5.41) is 0.625. The summed E-state index contributed by atoms with van der Waals surface area (Å²) in [5.41, 5.74) is 12.1. The second-order valence-electron chi connectivity index (χ2n) is 7.25. The highest BCUT2D eigenvalue weighted by Gasteiger charge is 2.19. The Bertz CT molecular complexity index is 1400. The van der Waals surface area contributed by atoms with Crippen LogP contribution >= 0.6 is 27.5 Å². The van der Waals surface area contributed by atoms with Crippen molar-refractivity contribution in [3.8, 4) is 11.1 Å². The Labute approximate surface area is 199 Å². The summed E-state index contributed by atoms with van der Waals surface area (Å²) in [6, 6.07) is 29.8. The summed E-state index contributed by atoms with van der Waals surface area (Å²) < 4.78 is 2.67. The van der Waals surface area contributed by atoms with Crippen LogP contribution in [0.5, 0.6) is 0 Å². The Morgan fingerprint density at radius 2 is 1.44 bits per heavy atom. The molecule has 5 rings (SSSR count). The zero-order valence-electron chi connectivity index (χ0n) is 16.9. The third-order valence-corrected chi connectivity index (χ3v) is 6.09. The predicted molar refractivity (Wildman–Crippen MR) is 136 cm³/mol. The topological polar surface area (TPSA) is 55.7 Å². The van der Waals surface area contributed by atoms with Crippen molar-refractivity contribution in [3.63, 3.8) is 0 Å². The fourth-order valence-corrected chi connectivity index (χ4v) is 4.40. The van der Waals surface area contributed by atoms with Crippen LogP contribution in [0, 0.1) is 0 Å². The van der Waals surface area contributed by atoms with Gasteiger partial charge in [-0.2, -0.15) is 0 Å². The number of nitrogens with zero attached hydrogens (tertiary/aromatic N) is 3. The maximum Gasteiger partial charge on any atom is 0.162 e. The third-order valence-electron chi connectivity index (χ3n) is 5.21. The standard InChI is InChI=1S/C26H18BrClN4/c27-23-16-30-26-22(29)15-20(19-13-7-8-14-21(19)28)25(32(23)26)31-24(17-9-3-1-4-10-17)18-11-5-2-6-12-18/h1-16H,29H2. The molecule has 0 saturated carbocycles. The van der Waals surface area contributed by atoms with E-state index in [0.717, 1.165) is 32.6 Å². The van der Waals surface area contributed by atoms with Gasteiger partial charge in [0.2, 0.25) is 0 Å². The van der Waals surface area contributed by atoms with Crippen molar-refractivity contribution in [1.82, 2.24) is 9.38 Å². The van der Waals surface area contributed by atoms with Gasteiger partial charge in [-0.1, -0.05) is 90.5 Å². The van der Waals surface area contributed by atoms with Gasteiger partial charge in [0.15, 0.2) is 5.65 Å². The molecule has 0 aliphatic heterocycles. The molecule has 0 bridgehead atoms. The maximum absolute atomic E-state index is 6.59. The lowest BCUT2D eigenvalue weighted by Crippen LogP contribution is -2.05. The number of rotatable bonds is 4. The monoisotopic (exact) mass is 500 g/mol. The largest absolute Gasteiger partial charge is 0.396 e. The smallest absolute Gasteiger partial charge is 0.162 e. The molecule has 0 spiro atoms. The number of benzene rings is 3. The van der Waals surface area contributed by atoms with Crippen LogP contribution in [0.4, 0.5) is 11.5 Å². The van der Waals surface area contributed by atoms with Crippen LogP contribution < -0.4 is 5.73 Å². The van der Waals surface area contributed by atoms with Crippen molar-refractivity contribution in [3.05, 3.63) is 118 Å². The Hall–Kier alpha value is -3.41. The van der Waals surface area contributed by atoms with E-state index < -0.39 is 0 Å². The van der Waals surface area contributed by atoms with Crippen LogP contribution in [0.1, 0.15) is 11.1 Å². The molecule has 0 fully saturated rings. The number of imidazole rings is 1. The summed E-state index contributed by atoms with van der Waals surface area (Å²) in [5.74, 6) is 0.689. The first kappa shape index (κ1) is 20.5. The fourth-order valence-electron chi connectivity index (χ4n) is 3.72. The maximum atomic E-state index is 6.59. The van der Waals surface area contributed by atoms with Gasteiger partial charge in [0.25, 0.3) is 0 Å². The second kappa shape index (κ2) is 8.61. The molecule has 0 saturated heterocycles. The molecular weight excluding hydrogens is 484 g/mol.